The summed E-state index contributed by atoms with van der Waals surface area (Å²) in [4.78, 5) is 7.67. The summed E-state index contributed by atoms with van der Waals surface area (Å²) in [7, 11) is 4.43. The topological polar surface area (TPSA) is 21.8 Å². The van der Waals surface area contributed by atoms with E-state index in [1.54, 1.807) is 0 Å². The Hall–Kier alpha value is -0.160. The normalized spacial score (nSPS) is 28.5. The molecule has 0 amide bonds. The van der Waals surface area contributed by atoms with Gasteiger partial charge < -0.3 is 20.0 Å². The first-order valence-electron chi connectivity index (χ1n) is 7.57. The lowest BCUT2D eigenvalue weighted by Gasteiger charge is -2.37. The molecule has 0 bridgehead atoms. The highest BCUT2D eigenvalue weighted by Gasteiger charge is 2.21. The first-order chi connectivity index (χ1) is 8.75. The average Bonchev–Trinajstić information content (AvgIpc) is 2.65. The maximum Gasteiger partial charge on any atom is 0.0217 e. The van der Waals surface area contributed by atoms with Crippen LogP contribution in [0.3, 0.4) is 0 Å². The zero-order valence-electron chi connectivity index (χ0n) is 12.2. The van der Waals surface area contributed by atoms with Crippen molar-refractivity contribution in [2.24, 2.45) is 0 Å². The predicted molar refractivity (Wildman–Crippen MR) is 77.1 cm³/mol. The van der Waals surface area contributed by atoms with Gasteiger partial charge in [0.2, 0.25) is 0 Å². The van der Waals surface area contributed by atoms with E-state index >= 15 is 0 Å². The van der Waals surface area contributed by atoms with Crippen molar-refractivity contribution in [3.63, 3.8) is 0 Å². The summed E-state index contributed by atoms with van der Waals surface area (Å²) in [5.74, 6) is 0. The highest BCUT2D eigenvalue weighted by atomic mass is 15.2. The fourth-order valence-corrected chi connectivity index (χ4v) is 3.06. The molecule has 2 fully saturated rings. The first kappa shape index (κ1) is 14.3. The Bertz CT molecular complexity index is 224. The van der Waals surface area contributed by atoms with Crippen LogP contribution in [0.2, 0.25) is 0 Å². The molecule has 0 aromatic carbocycles. The predicted octanol–water partition coefficient (Wildman–Crippen LogP) is 0.308. The van der Waals surface area contributed by atoms with Gasteiger partial charge in [0.1, 0.15) is 0 Å². The summed E-state index contributed by atoms with van der Waals surface area (Å²) < 4.78 is 0. The molecule has 4 heteroatoms. The lowest BCUT2D eigenvalue weighted by Crippen LogP contribution is -2.47. The Balaban J connectivity index is 1.68. The molecule has 0 aromatic rings. The Kier molecular flexibility index (Phi) is 5.89. The van der Waals surface area contributed by atoms with Crippen LogP contribution in [0.1, 0.15) is 19.3 Å². The van der Waals surface area contributed by atoms with Gasteiger partial charge in [-0.1, -0.05) is 0 Å². The third-order valence-corrected chi connectivity index (χ3v) is 4.38. The second-order valence-corrected chi connectivity index (χ2v) is 6.01. The quantitative estimate of drug-likeness (QED) is 0.779. The summed E-state index contributed by atoms with van der Waals surface area (Å²) in [6, 6.07) is 0.768. The van der Waals surface area contributed by atoms with Crippen molar-refractivity contribution in [3.05, 3.63) is 0 Å². The molecule has 2 rings (SSSR count). The monoisotopic (exact) mass is 254 g/mol. The van der Waals surface area contributed by atoms with Gasteiger partial charge in [0.15, 0.2) is 0 Å². The van der Waals surface area contributed by atoms with Crippen molar-refractivity contribution in [1.82, 2.24) is 20.0 Å². The van der Waals surface area contributed by atoms with Crippen molar-refractivity contribution < 1.29 is 0 Å². The van der Waals surface area contributed by atoms with Gasteiger partial charge >= 0.3 is 0 Å². The van der Waals surface area contributed by atoms with Crippen molar-refractivity contribution in [1.29, 1.82) is 0 Å². The molecule has 4 nitrogen and oxygen atoms in total. The van der Waals surface area contributed by atoms with E-state index in [4.69, 9.17) is 0 Å². The maximum atomic E-state index is 3.48. The second kappa shape index (κ2) is 7.43. The summed E-state index contributed by atoms with van der Waals surface area (Å²) in [6.45, 7) is 9.94. The van der Waals surface area contributed by atoms with Crippen LogP contribution in [0.25, 0.3) is 0 Å². The van der Waals surface area contributed by atoms with E-state index < -0.39 is 0 Å². The fraction of sp³-hybridized carbons (Fsp3) is 1.00. The zero-order valence-corrected chi connectivity index (χ0v) is 12.2. The zero-order chi connectivity index (χ0) is 12.8. The van der Waals surface area contributed by atoms with Gasteiger partial charge in [0.05, 0.1) is 0 Å². The van der Waals surface area contributed by atoms with Crippen LogP contribution in [-0.2, 0) is 0 Å². The Morgan fingerprint density at radius 2 is 1.78 bits per heavy atom. The van der Waals surface area contributed by atoms with Gasteiger partial charge in [-0.15, -0.1) is 0 Å². The molecule has 18 heavy (non-hydrogen) atoms. The molecule has 1 atom stereocenters. The second-order valence-electron chi connectivity index (χ2n) is 6.01. The SMILES string of the molecule is CN(C)C1CCCN(CCN2CCCNCC2)C1. The lowest BCUT2D eigenvalue weighted by atomic mass is 10.1. The number of likely N-dealkylation sites (N-methyl/N-ethyl adjacent to an activating group) is 1. The van der Waals surface area contributed by atoms with Crippen molar-refractivity contribution >= 4 is 0 Å². The fourth-order valence-electron chi connectivity index (χ4n) is 3.06. The van der Waals surface area contributed by atoms with E-state index in [9.17, 15) is 0 Å². The van der Waals surface area contributed by atoms with Gasteiger partial charge in [-0.05, 0) is 53.0 Å². The van der Waals surface area contributed by atoms with Crippen LogP contribution in [-0.4, -0.2) is 87.2 Å². The summed E-state index contributed by atoms with van der Waals surface area (Å²) >= 11 is 0. The third kappa shape index (κ3) is 4.50. The summed E-state index contributed by atoms with van der Waals surface area (Å²) in [5.41, 5.74) is 0. The van der Waals surface area contributed by atoms with Crippen molar-refractivity contribution in [2.45, 2.75) is 25.3 Å². The van der Waals surface area contributed by atoms with Gasteiger partial charge in [0.25, 0.3) is 0 Å². The third-order valence-electron chi connectivity index (χ3n) is 4.38. The lowest BCUT2D eigenvalue weighted by molar-refractivity contribution is 0.120. The Morgan fingerprint density at radius 1 is 1.00 bits per heavy atom. The van der Waals surface area contributed by atoms with E-state index in [0.717, 1.165) is 6.04 Å². The highest BCUT2D eigenvalue weighted by Crippen LogP contribution is 2.13. The number of hydrogen-bond donors (Lipinski definition) is 1. The number of nitrogens with one attached hydrogen (secondary N) is 1. The number of piperidine rings is 1. The van der Waals surface area contributed by atoms with Gasteiger partial charge in [-0.3, -0.25) is 0 Å². The van der Waals surface area contributed by atoms with Gasteiger partial charge in [0, 0.05) is 38.8 Å². The van der Waals surface area contributed by atoms with E-state index in [0.29, 0.717) is 0 Å². The molecule has 0 saturated carbocycles. The van der Waals surface area contributed by atoms with E-state index in [1.807, 2.05) is 0 Å². The van der Waals surface area contributed by atoms with E-state index in [2.05, 4.69) is 34.1 Å². The van der Waals surface area contributed by atoms with Gasteiger partial charge in [-0.2, -0.15) is 0 Å². The van der Waals surface area contributed by atoms with Crippen LogP contribution in [0.15, 0.2) is 0 Å². The standard InChI is InChI=1S/C14H30N4/c1-16(2)14-5-3-8-18(13-14)12-11-17-9-4-6-15-7-10-17/h14-15H,3-13H2,1-2H3. The Morgan fingerprint density at radius 3 is 2.61 bits per heavy atom. The average molecular weight is 254 g/mol. The van der Waals surface area contributed by atoms with Crippen LogP contribution in [0.4, 0.5) is 0 Å². The van der Waals surface area contributed by atoms with Gasteiger partial charge in [-0.25, -0.2) is 0 Å². The van der Waals surface area contributed by atoms with Crippen LogP contribution in [0, 0.1) is 0 Å². The molecule has 2 heterocycles. The number of hydrogen-bond acceptors (Lipinski definition) is 4. The molecular weight excluding hydrogens is 224 g/mol. The minimum Gasteiger partial charge on any atom is -0.315 e. The molecule has 0 spiro atoms. The van der Waals surface area contributed by atoms with Crippen LogP contribution >= 0.6 is 0 Å². The number of likely N-dealkylation sites (tertiary alicyclic amines) is 1. The molecule has 1 unspecified atom stereocenters. The Labute approximate surface area is 112 Å². The molecule has 106 valence electrons. The molecule has 0 aliphatic carbocycles. The number of nitrogens with zero attached hydrogens (tertiary/aromatic N) is 3. The first-order valence-corrected chi connectivity index (χ1v) is 7.57. The minimum atomic E-state index is 0.768. The molecule has 0 radical (unpaired) electrons. The summed E-state index contributed by atoms with van der Waals surface area (Å²) in [6.07, 6.45) is 4.04. The van der Waals surface area contributed by atoms with Crippen molar-refractivity contribution in [3.8, 4) is 0 Å². The summed E-state index contributed by atoms with van der Waals surface area (Å²) in [5, 5.41) is 3.48. The largest absolute Gasteiger partial charge is 0.315 e. The molecular formula is C14H30N4. The minimum absolute atomic E-state index is 0.768. The molecule has 1 N–H and O–H groups in total. The molecule has 2 aliphatic rings. The maximum absolute atomic E-state index is 3.48. The highest BCUT2D eigenvalue weighted by molar-refractivity contribution is 4.78. The van der Waals surface area contributed by atoms with E-state index in [1.165, 1.54) is 71.6 Å². The molecule has 0 aromatic heterocycles. The molecule has 2 aliphatic heterocycles. The van der Waals surface area contributed by atoms with Crippen LogP contribution in [0.5, 0.6) is 0 Å². The molecule has 2 saturated heterocycles. The number of rotatable bonds is 4. The van der Waals surface area contributed by atoms with E-state index in [-0.39, 0.29) is 0 Å². The smallest absolute Gasteiger partial charge is 0.0217 e. The van der Waals surface area contributed by atoms with Crippen molar-refractivity contribution in [2.75, 3.05) is 66.5 Å². The van der Waals surface area contributed by atoms with Crippen LogP contribution < -0.4 is 5.32 Å².